The van der Waals surface area contributed by atoms with Crippen LogP contribution < -0.4 is 5.56 Å². The zero-order valence-electron chi connectivity index (χ0n) is 14.0. The van der Waals surface area contributed by atoms with Gasteiger partial charge >= 0.3 is 0 Å². The first-order valence-corrected chi connectivity index (χ1v) is 9.82. The molecule has 3 heterocycles. The Morgan fingerprint density at radius 3 is 2.79 bits per heavy atom. The van der Waals surface area contributed by atoms with Gasteiger partial charge in [0, 0.05) is 22.9 Å². The quantitative estimate of drug-likeness (QED) is 0.363. The molecule has 3 aromatic heterocycles. The number of aromatic nitrogens is 3. The fourth-order valence-corrected chi connectivity index (χ4v) is 4.96. The minimum atomic E-state index is 0.0385. The number of aryl methyl sites for hydroxylation is 2. The summed E-state index contributed by atoms with van der Waals surface area (Å²) in [5.41, 5.74) is 2.01. The highest BCUT2D eigenvalue weighted by atomic mass is 35.5. The van der Waals surface area contributed by atoms with Crippen molar-refractivity contribution in [2.75, 3.05) is 0 Å². The van der Waals surface area contributed by atoms with Crippen molar-refractivity contribution < 1.29 is 0 Å². The molecule has 0 aliphatic carbocycles. The van der Waals surface area contributed by atoms with E-state index in [0.717, 1.165) is 31.4 Å². The van der Waals surface area contributed by atoms with E-state index in [1.165, 1.54) is 11.8 Å². The Morgan fingerprint density at radius 1 is 1.38 bits per heavy atom. The van der Waals surface area contributed by atoms with Crippen LogP contribution >= 0.6 is 34.7 Å². The summed E-state index contributed by atoms with van der Waals surface area (Å²) >= 11 is 9.23. The highest BCUT2D eigenvalue weighted by Gasteiger charge is 2.18. The Balaban J connectivity index is 2.08. The second-order valence-corrected chi connectivity index (χ2v) is 8.37. The fourth-order valence-electron chi connectivity index (χ4n) is 2.51. The third-order valence-electron chi connectivity index (χ3n) is 3.91. The molecule has 3 aromatic rings. The fraction of sp³-hybridized carbons (Fsp3) is 0.353. The lowest BCUT2D eigenvalue weighted by molar-refractivity contribution is 0.519. The van der Waals surface area contributed by atoms with E-state index in [4.69, 9.17) is 16.6 Å². The van der Waals surface area contributed by atoms with Gasteiger partial charge in [-0.1, -0.05) is 29.4 Å². The molecule has 0 N–H and O–H groups in total. The van der Waals surface area contributed by atoms with E-state index in [1.54, 1.807) is 22.1 Å². The molecule has 0 bridgehead atoms. The molecular weight excluding hydrogens is 362 g/mol. The van der Waals surface area contributed by atoms with Crippen LogP contribution in [-0.4, -0.2) is 14.5 Å². The third kappa shape index (κ3) is 3.10. The van der Waals surface area contributed by atoms with Gasteiger partial charge in [-0.05, 0) is 44.9 Å². The Kier molecular flexibility index (Phi) is 4.99. The van der Waals surface area contributed by atoms with Gasteiger partial charge in [-0.3, -0.25) is 9.36 Å². The average Bonchev–Trinajstić information content (AvgIpc) is 2.81. The van der Waals surface area contributed by atoms with Crippen molar-refractivity contribution in [3.8, 4) is 0 Å². The topological polar surface area (TPSA) is 47.8 Å². The number of halogens is 1. The highest BCUT2D eigenvalue weighted by Crippen LogP contribution is 2.31. The molecule has 0 radical (unpaired) electrons. The minimum absolute atomic E-state index is 0.0385. The average molecular weight is 380 g/mol. The number of hydrogen-bond donors (Lipinski definition) is 0. The molecule has 4 nitrogen and oxygen atoms in total. The van der Waals surface area contributed by atoms with E-state index >= 15 is 0 Å². The lowest BCUT2D eigenvalue weighted by Crippen LogP contribution is -2.24. The molecule has 0 fully saturated rings. The molecule has 7 heteroatoms. The van der Waals surface area contributed by atoms with Crippen molar-refractivity contribution in [1.29, 1.82) is 0 Å². The van der Waals surface area contributed by atoms with Crippen LogP contribution in [0.3, 0.4) is 0 Å². The van der Waals surface area contributed by atoms with Crippen LogP contribution in [0.2, 0.25) is 5.15 Å². The van der Waals surface area contributed by atoms with Crippen molar-refractivity contribution in [3.63, 3.8) is 0 Å². The van der Waals surface area contributed by atoms with E-state index in [9.17, 15) is 4.79 Å². The summed E-state index contributed by atoms with van der Waals surface area (Å²) in [5.74, 6) is 0.626. The van der Waals surface area contributed by atoms with E-state index in [-0.39, 0.29) is 11.6 Å². The van der Waals surface area contributed by atoms with E-state index < -0.39 is 0 Å². The van der Waals surface area contributed by atoms with Gasteiger partial charge in [0.05, 0.1) is 5.39 Å². The second-order valence-electron chi connectivity index (χ2n) is 5.87. The second kappa shape index (κ2) is 6.86. The van der Waals surface area contributed by atoms with Crippen LogP contribution in [0, 0.1) is 13.8 Å². The van der Waals surface area contributed by atoms with E-state index in [2.05, 4.69) is 4.98 Å². The van der Waals surface area contributed by atoms with Crippen molar-refractivity contribution in [1.82, 2.24) is 14.5 Å². The zero-order valence-corrected chi connectivity index (χ0v) is 16.3. The number of nitrogens with zero attached hydrogens (tertiary/aromatic N) is 3. The normalized spacial score (nSPS) is 11.6. The lowest BCUT2D eigenvalue weighted by Gasteiger charge is -2.15. The Labute approximate surface area is 153 Å². The van der Waals surface area contributed by atoms with Gasteiger partial charge in [-0.2, -0.15) is 0 Å². The smallest absolute Gasteiger partial charge is 0.263 e. The predicted octanol–water partition coefficient (Wildman–Crippen LogP) is 5.00. The molecular formula is C17H18ClN3OS2. The number of thiophene rings is 1. The Bertz CT molecular complexity index is 962. The zero-order chi connectivity index (χ0) is 17.4. The van der Waals surface area contributed by atoms with Gasteiger partial charge in [0.15, 0.2) is 5.16 Å². The number of thioether (sulfide) groups is 1. The van der Waals surface area contributed by atoms with Crippen molar-refractivity contribution >= 4 is 44.9 Å². The molecule has 0 atom stereocenters. The van der Waals surface area contributed by atoms with E-state index in [1.807, 2.05) is 39.8 Å². The largest absolute Gasteiger partial charge is 0.284 e. The summed E-state index contributed by atoms with van der Waals surface area (Å²) < 4.78 is 1.77. The van der Waals surface area contributed by atoms with Gasteiger partial charge in [-0.15, -0.1) is 11.3 Å². The SMILES string of the molecule is Cc1sc2nc(SCc3cccnc3Cl)n(C(C)C)c(=O)c2c1C. The highest BCUT2D eigenvalue weighted by molar-refractivity contribution is 7.98. The summed E-state index contributed by atoms with van der Waals surface area (Å²) in [7, 11) is 0. The number of fused-ring (bicyclic) bond motifs is 1. The first-order valence-electron chi connectivity index (χ1n) is 7.64. The monoisotopic (exact) mass is 379 g/mol. The maximum Gasteiger partial charge on any atom is 0.263 e. The lowest BCUT2D eigenvalue weighted by atomic mass is 10.2. The van der Waals surface area contributed by atoms with Gasteiger partial charge in [0.2, 0.25) is 0 Å². The molecule has 0 unspecified atom stereocenters. The van der Waals surface area contributed by atoms with Crippen LogP contribution in [0.15, 0.2) is 28.3 Å². The third-order valence-corrected chi connectivity index (χ3v) is 6.36. The summed E-state index contributed by atoms with van der Waals surface area (Å²) in [6.07, 6.45) is 1.67. The Morgan fingerprint density at radius 2 is 2.12 bits per heavy atom. The van der Waals surface area contributed by atoms with Crippen LogP contribution in [0.25, 0.3) is 10.2 Å². The number of pyridine rings is 1. The number of rotatable bonds is 4. The Hall–Kier alpha value is -1.37. The minimum Gasteiger partial charge on any atom is -0.284 e. The molecule has 0 spiro atoms. The summed E-state index contributed by atoms with van der Waals surface area (Å²) in [4.78, 5) is 23.8. The summed E-state index contributed by atoms with van der Waals surface area (Å²) in [6, 6.07) is 3.85. The van der Waals surface area contributed by atoms with Crippen molar-refractivity contribution in [2.45, 2.75) is 44.6 Å². The molecule has 0 aliphatic heterocycles. The summed E-state index contributed by atoms with van der Waals surface area (Å²) in [6.45, 7) is 8.03. The summed E-state index contributed by atoms with van der Waals surface area (Å²) in [5, 5.41) is 1.96. The molecule has 0 saturated heterocycles. The molecule has 3 rings (SSSR count). The maximum atomic E-state index is 13.0. The molecule has 0 amide bonds. The van der Waals surface area contributed by atoms with Gasteiger partial charge in [-0.25, -0.2) is 9.97 Å². The molecule has 126 valence electrons. The first kappa shape index (κ1) is 17.5. The predicted molar refractivity (Wildman–Crippen MR) is 103 cm³/mol. The van der Waals surface area contributed by atoms with Crippen LogP contribution in [-0.2, 0) is 5.75 Å². The van der Waals surface area contributed by atoms with Crippen LogP contribution in [0.4, 0.5) is 0 Å². The molecule has 0 aromatic carbocycles. The number of hydrogen-bond acceptors (Lipinski definition) is 5. The van der Waals surface area contributed by atoms with Gasteiger partial charge in [0.1, 0.15) is 9.98 Å². The molecule has 24 heavy (non-hydrogen) atoms. The standard InChI is InChI=1S/C17H18ClN3OS2/c1-9(2)21-16(22)13-10(3)11(4)24-15(13)20-17(21)23-8-12-6-5-7-19-14(12)18/h5-7,9H,8H2,1-4H3. The van der Waals surface area contributed by atoms with Crippen molar-refractivity contribution in [2.24, 2.45) is 0 Å². The van der Waals surface area contributed by atoms with Gasteiger partial charge in [0.25, 0.3) is 5.56 Å². The van der Waals surface area contributed by atoms with Crippen molar-refractivity contribution in [3.05, 3.63) is 49.8 Å². The van der Waals surface area contributed by atoms with Crippen LogP contribution in [0.5, 0.6) is 0 Å². The van der Waals surface area contributed by atoms with Crippen LogP contribution in [0.1, 0.15) is 35.9 Å². The maximum absolute atomic E-state index is 13.0. The first-order chi connectivity index (χ1) is 11.4. The van der Waals surface area contributed by atoms with E-state index in [0.29, 0.717) is 10.9 Å². The molecule has 0 saturated carbocycles. The van der Waals surface area contributed by atoms with Gasteiger partial charge < -0.3 is 0 Å². The molecule has 0 aliphatic rings.